The largest absolute Gasteiger partial charge is 0.388 e. The van der Waals surface area contributed by atoms with Gasteiger partial charge >= 0.3 is 0 Å². The monoisotopic (exact) mass is 277 g/mol. The highest BCUT2D eigenvalue weighted by Gasteiger charge is 2.13. The molecule has 0 spiro atoms. The van der Waals surface area contributed by atoms with E-state index in [0.717, 1.165) is 18.8 Å². The molecule has 3 nitrogen and oxygen atoms in total. The summed E-state index contributed by atoms with van der Waals surface area (Å²) in [6.07, 6.45) is 1.72. The zero-order valence-electron chi connectivity index (χ0n) is 10.2. The lowest BCUT2D eigenvalue weighted by atomic mass is 10.2. The topological polar surface area (TPSA) is 42.2 Å². The molecule has 2 aromatic rings. The molecule has 0 radical (unpaired) electrons. The molecule has 2 N–H and O–H groups in total. The van der Waals surface area contributed by atoms with E-state index in [9.17, 15) is 0 Å². The van der Waals surface area contributed by atoms with Crippen LogP contribution in [0, 0.1) is 0 Å². The molecule has 0 fully saturated rings. The first-order valence-corrected chi connectivity index (χ1v) is 7.03. The van der Waals surface area contributed by atoms with Gasteiger partial charge in [-0.2, -0.15) is 0 Å². The predicted molar refractivity (Wildman–Crippen MR) is 81.2 cm³/mol. The maximum Gasteiger partial charge on any atom is 0.124 e. The third kappa shape index (κ3) is 2.86. The number of aromatic nitrogens is 1. The van der Waals surface area contributed by atoms with Gasteiger partial charge in [0.1, 0.15) is 10.7 Å². The van der Waals surface area contributed by atoms with E-state index >= 15 is 0 Å². The molecule has 2 heterocycles. The van der Waals surface area contributed by atoms with Crippen molar-refractivity contribution in [1.29, 1.82) is 0 Å². The molecule has 0 unspecified atom stereocenters. The van der Waals surface area contributed by atoms with Gasteiger partial charge < -0.3 is 10.6 Å². The van der Waals surface area contributed by atoms with Crippen LogP contribution in [0.3, 0.4) is 0 Å². The molecule has 2 rings (SSSR count). The maximum absolute atomic E-state index is 5.73. The Morgan fingerprint density at radius 2 is 2.28 bits per heavy atom. The summed E-state index contributed by atoms with van der Waals surface area (Å²) in [4.78, 5) is 8.16. The predicted octanol–water partition coefficient (Wildman–Crippen LogP) is 2.80. The quantitative estimate of drug-likeness (QED) is 0.853. The SMILES string of the molecule is CCN(Cc1cccs1)c1cccnc1C(N)=S. The lowest BCUT2D eigenvalue weighted by molar-refractivity contribution is 0.837. The fourth-order valence-electron chi connectivity index (χ4n) is 1.80. The number of pyridine rings is 1. The van der Waals surface area contributed by atoms with Gasteiger partial charge in [-0.25, -0.2) is 0 Å². The van der Waals surface area contributed by atoms with Gasteiger partial charge in [0.05, 0.1) is 12.2 Å². The van der Waals surface area contributed by atoms with Crippen LogP contribution in [-0.4, -0.2) is 16.5 Å². The van der Waals surface area contributed by atoms with Gasteiger partial charge in [0, 0.05) is 17.6 Å². The van der Waals surface area contributed by atoms with E-state index in [-0.39, 0.29) is 0 Å². The summed E-state index contributed by atoms with van der Waals surface area (Å²) in [5.74, 6) is 0. The summed E-state index contributed by atoms with van der Waals surface area (Å²) in [7, 11) is 0. The minimum Gasteiger partial charge on any atom is -0.388 e. The summed E-state index contributed by atoms with van der Waals surface area (Å²) in [6.45, 7) is 3.86. The van der Waals surface area contributed by atoms with Crippen LogP contribution in [0.4, 0.5) is 5.69 Å². The Labute approximate surface area is 116 Å². The number of nitrogens with zero attached hydrogens (tertiary/aromatic N) is 2. The summed E-state index contributed by atoms with van der Waals surface area (Å²) in [5.41, 5.74) is 7.43. The van der Waals surface area contributed by atoms with E-state index in [0.29, 0.717) is 10.7 Å². The van der Waals surface area contributed by atoms with Gasteiger partial charge in [0.25, 0.3) is 0 Å². The van der Waals surface area contributed by atoms with E-state index in [2.05, 4.69) is 34.3 Å². The second-order valence-corrected chi connectivity index (χ2v) is 5.30. The van der Waals surface area contributed by atoms with Crippen molar-refractivity contribution in [2.75, 3.05) is 11.4 Å². The van der Waals surface area contributed by atoms with Crippen molar-refractivity contribution < 1.29 is 0 Å². The van der Waals surface area contributed by atoms with Crippen LogP contribution in [-0.2, 0) is 6.54 Å². The first-order chi connectivity index (χ1) is 8.72. The number of rotatable bonds is 5. The molecule has 0 atom stereocenters. The van der Waals surface area contributed by atoms with Crippen molar-refractivity contribution >= 4 is 34.2 Å². The maximum atomic E-state index is 5.73. The number of thiophene rings is 1. The Hall–Kier alpha value is -1.46. The van der Waals surface area contributed by atoms with Gasteiger partial charge in [-0.1, -0.05) is 18.3 Å². The number of anilines is 1. The van der Waals surface area contributed by atoms with Gasteiger partial charge in [-0.15, -0.1) is 11.3 Å². The number of hydrogen-bond donors (Lipinski definition) is 1. The lowest BCUT2D eigenvalue weighted by Crippen LogP contribution is -2.25. The second kappa shape index (κ2) is 5.93. The van der Waals surface area contributed by atoms with Crippen LogP contribution in [0.1, 0.15) is 17.5 Å². The first-order valence-electron chi connectivity index (χ1n) is 5.74. The molecular weight excluding hydrogens is 262 g/mol. The highest BCUT2D eigenvalue weighted by Crippen LogP contribution is 2.22. The Balaban J connectivity index is 2.30. The molecule has 18 heavy (non-hydrogen) atoms. The second-order valence-electron chi connectivity index (χ2n) is 3.83. The van der Waals surface area contributed by atoms with E-state index in [4.69, 9.17) is 18.0 Å². The molecule has 0 aliphatic carbocycles. The molecule has 2 aromatic heterocycles. The number of hydrogen-bond acceptors (Lipinski definition) is 4. The zero-order chi connectivity index (χ0) is 13.0. The molecular formula is C13H15N3S2. The first kappa shape index (κ1) is 13.0. The molecule has 0 saturated heterocycles. The standard InChI is InChI=1S/C13H15N3S2/c1-2-16(9-10-5-4-8-18-10)11-6-3-7-15-12(11)13(14)17/h3-8H,2,9H2,1H3,(H2,14,17). The van der Waals surface area contributed by atoms with Crippen LogP contribution < -0.4 is 10.6 Å². The number of nitrogens with two attached hydrogens (primary N) is 1. The fourth-order valence-corrected chi connectivity index (χ4v) is 2.68. The Bertz CT molecular complexity index is 523. The van der Waals surface area contributed by atoms with Gasteiger partial charge in [-0.3, -0.25) is 4.98 Å². The van der Waals surface area contributed by atoms with E-state index in [1.807, 2.05) is 12.1 Å². The van der Waals surface area contributed by atoms with Crippen molar-refractivity contribution in [2.24, 2.45) is 5.73 Å². The average Bonchev–Trinajstić information content (AvgIpc) is 2.88. The van der Waals surface area contributed by atoms with E-state index < -0.39 is 0 Å². The highest BCUT2D eigenvalue weighted by molar-refractivity contribution is 7.80. The Morgan fingerprint density at radius 3 is 2.89 bits per heavy atom. The molecule has 94 valence electrons. The summed E-state index contributed by atoms with van der Waals surface area (Å²) in [6, 6.07) is 8.11. The van der Waals surface area contributed by atoms with Crippen molar-refractivity contribution in [3.63, 3.8) is 0 Å². The van der Waals surface area contributed by atoms with Crippen molar-refractivity contribution in [3.8, 4) is 0 Å². The van der Waals surface area contributed by atoms with E-state index in [1.165, 1.54) is 4.88 Å². The highest BCUT2D eigenvalue weighted by atomic mass is 32.1. The van der Waals surface area contributed by atoms with Gasteiger partial charge in [0.2, 0.25) is 0 Å². The van der Waals surface area contributed by atoms with Gasteiger partial charge in [0.15, 0.2) is 0 Å². The van der Waals surface area contributed by atoms with Crippen molar-refractivity contribution in [3.05, 3.63) is 46.4 Å². The minimum absolute atomic E-state index is 0.343. The fraction of sp³-hybridized carbons (Fsp3) is 0.231. The summed E-state index contributed by atoms with van der Waals surface area (Å²) >= 11 is 6.81. The lowest BCUT2D eigenvalue weighted by Gasteiger charge is -2.24. The summed E-state index contributed by atoms with van der Waals surface area (Å²) < 4.78 is 0. The van der Waals surface area contributed by atoms with Crippen molar-refractivity contribution in [1.82, 2.24) is 4.98 Å². The molecule has 0 aromatic carbocycles. The third-order valence-corrected chi connectivity index (χ3v) is 3.72. The van der Waals surface area contributed by atoms with Crippen LogP contribution in [0.25, 0.3) is 0 Å². The van der Waals surface area contributed by atoms with Crippen LogP contribution in [0.15, 0.2) is 35.8 Å². The molecule has 0 bridgehead atoms. The van der Waals surface area contributed by atoms with Crippen LogP contribution in [0.5, 0.6) is 0 Å². The zero-order valence-corrected chi connectivity index (χ0v) is 11.8. The molecule has 5 heteroatoms. The van der Waals surface area contributed by atoms with E-state index in [1.54, 1.807) is 17.5 Å². The molecule has 0 aliphatic heterocycles. The van der Waals surface area contributed by atoms with Crippen molar-refractivity contribution in [2.45, 2.75) is 13.5 Å². The van der Waals surface area contributed by atoms with Crippen LogP contribution in [0.2, 0.25) is 0 Å². The van der Waals surface area contributed by atoms with Crippen LogP contribution >= 0.6 is 23.6 Å². The summed E-state index contributed by atoms with van der Waals surface area (Å²) in [5, 5.41) is 2.08. The molecule has 0 aliphatic rings. The minimum atomic E-state index is 0.343. The smallest absolute Gasteiger partial charge is 0.124 e. The Kier molecular flexibility index (Phi) is 4.28. The molecule has 0 saturated carbocycles. The average molecular weight is 277 g/mol. The normalized spacial score (nSPS) is 10.3. The third-order valence-electron chi connectivity index (χ3n) is 2.67. The van der Waals surface area contributed by atoms with Gasteiger partial charge in [-0.05, 0) is 30.5 Å². The number of thiocarbonyl (C=S) groups is 1. The Morgan fingerprint density at radius 1 is 1.44 bits per heavy atom. The molecule has 0 amide bonds.